The van der Waals surface area contributed by atoms with Crippen LogP contribution in [0.5, 0.6) is 0 Å². The summed E-state index contributed by atoms with van der Waals surface area (Å²) in [5, 5.41) is 10.3. The number of hydrogen-bond donors (Lipinski definition) is 1. The van der Waals surface area contributed by atoms with Gasteiger partial charge in [0.25, 0.3) is 6.47 Å². The largest absolute Gasteiger partial charge is 0.457 e. The van der Waals surface area contributed by atoms with Gasteiger partial charge in [0.15, 0.2) is 12.2 Å². The van der Waals surface area contributed by atoms with Crippen LogP contribution in [0.15, 0.2) is 34.9 Å². The Bertz CT molecular complexity index is 716. The summed E-state index contributed by atoms with van der Waals surface area (Å²) in [7, 11) is 0. The third-order valence-corrected chi connectivity index (χ3v) is 3.97. The van der Waals surface area contributed by atoms with Crippen LogP contribution in [-0.2, 0) is 23.9 Å². The number of fused-ring (bicyclic) bond motifs is 2. The molecular weight excluding hydrogens is 312 g/mol. The molecule has 6 heteroatoms. The first-order chi connectivity index (χ1) is 11.4. The van der Waals surface area contributed by atoms with E-state index in [1.54, 1.807) is 13.0 Å². The fraction of sp³-hybridized carbons (Fsp3) is 0.389. The highest BCUT2D eigenvalue weighted by molar-refractivity contribution is 6.06. The van der Waals surface area contributed by atoms with Crippen molar-refractivity contribution in [1.82, 2.24) is 0 Å². The quantitative estimate of drug-likeness (QED) is 0.461. The first kappa shape index (κ1) is 17.7. The number of carbonyl (C=O) groups is 3. The predicted molar refractivity (Wildman–Crippen MR) is 84.4 cm³/mol. The number of esters is 1. The Morgan fingerprint density at radius 3 is 2.75 bits per heavy atom. The monoisotopic (exact) mass is 330 g/mol. The molecule has 0 fully saturated rings. The van der Waals surface area contributed by atoms with E-state index in [0.29, 0.717) is 29.6 Å². The van der Waals surface area contributed by atoms with Crippen molar-refractivity contribution in [3.8, 4) is 11.8 Å². The van der Waals surface area contributed by atoms with E-state index in [9.17, 15) is 19.5 Å². The van der Waals surface area contributed by atoms with Crippen LogP contribution in [-0.4, -0.2) is 41.6 Å². The lowest BCUT2D eigenvalue weighted by Crippen LogP contribution is -2.51. The second kappa shape index (κ2) is 7.28. The van der Waals surface area contributed by atoms with Crippen molar-refractivity contribution in [2.24, 2.45) is 0 Å². The van der Waals surface area contributed by atoms with Crippen molar-refractivity contribution in [3.05, 3.63) is 34.9 Å². The zero-order valence-electron chi connectivity index (χ0n) is 13.5. The van der Waals surface area contributed by atoms with Crippen LogP contribution >= 0.6 is 0 Å². The van der Waals surface area contributed by atoms with Crippen LogP contribution in [0, 0.1) is 11.8 Å². The van der Waals surface area contributed by atoms with Crippen molar-refractivity contribution in [2.45, 2.75) is 45.0 Å². The number of allylic oxidation sites excluding steroid dienone is 2. The molecule has 2 aliphatic rings. The van der Waals surface area contributed by atoms with E-state index in [4.69, 9.17) is 9.47 Å². The molecule has 0 spiro atoms. The summed E-state index contributed by atoms with van der Waals surface area (Å²) in [6, 6.07) is 0. The van der Waals surface area contributed by atoms with Gasteiger partial charge in [0, 0.05) is 5.57 Å². The first-order valence-electron chi connectivity index (χ1n) is 7.46. The SMILES string of the molecule is C=C1C#CC2=C(C)C(OC=O)C(O)C(OC(=O)C(C)=CCC1)C2=O. The molecule has 6 nitrogen and oxygen atoms in total. The third-order valence-electron chi connectivity index (χ3n) is 3.97. The van der Waals surface area contributed by atoms with Gasteiger partial charge < -0.3 is 14.6 Å². The maximum absolute atomic E-state index is 12.6. The molecule has 0 radical (unpaired) electrons. The lowest BCUT2D eigenvalue weighted by atomic mass is 9.84. The Balaban J connectivity index is 2.56. The Hall–Kier alpha value is -2.65. The molecule has 0 saturated carbocycles. The normalized spacial score (nSPS) is 27.9. The maximum atomic E-state index is 12.6. The number of rotatable bonds is 2. The second-order valence-electron chi connectivity index (χ2n) is 5.67. The smallest absolute Gasteiger partial charge is 0.334 e. The molecule has 3 atom stereocenters. The number of aliphatic hydroxyl groups excluding tert-OH is 1. The van der Waals surface area contributed by atoms with Gasteiger partial charge in [0.05, 0.1) is 5.57 Å². The number of ketones is 1. The molecule has 126 valence electrons. The molecule has 2 rings (SSSR count). The molecule has 1 aliphatic carbocycles. The van der Waals surface area contributed by atoms with Crippen molar-refractivity contribution in [1.29, 1.82) is 0 Å². The molecule has 1 heterocycles. The number of Topliss-reactive ketones (excluding diaryl/α,β-unsaturated/α-hetero) is 1. The molecule has 24 heavy (non-hydrogen) atoms. The summed E-state index contributed by atoms with van der Waals surface area (Å²) < 4.78 is 10.0. The highest BCUT2D eigenvalue weighted by atomic mass is 16.6. The standard InChI is InChI=1S/C18H18O6/c1-10-5-4-6-11(2)18(22)24-17-14(20)13(8-7-10)12(3)16(15(17)21)23-9-19/h6,9,15-17,21H,1,4-5H2,2-3H3. The van der Waals surface area contributed by atoms with Crippen LogP contribution in [0.2, 0.25) is 0 Å². The van der Waals surface area contributed by atoms with Crippen molar-refractivity contribution in [3.63, 3.8) is 0 Å². The van der Waals surface area contributed by atoms with Gasteiger partial charge in [-0.1, -0.05) is 24.5 Å². The van der Waals surface area contributed by atoms with E-state index >= 15 is 0 Å². The van der Waals surface area contributed by atoms with Gasteiger partial charge in [-0.2, -0.15) is 0 Å². The fourth-order valence-corrected chi connectivity index (χ4v) is 2.54. The molecule has 1 N–H and O–H groups in total. The van der Waals surface area contributed by atoms with Crippen molar-refractivity contribution in [2.75, 3.05) is 0 Å². The number of aliphatic hydroxyl groups is 1. The minimum atomic E-state index is -1.49. The summed E-state index contributed by atoms with van der Waals surface area (Å²) >= 11 is 0. The van der Waals surface area contributed by atoms with E-state index in [-0.39, 0.29) is 12.0 Å². The van der Waals surface area contributed by atoms with Crippen LogP contribution in [0.1, 0.15) is 26.7 Å². The molecule has 0 saturated heterocycles. The number of hydrogen-bond acceptors (Lipinski definition) is 6. The van der Waals surface area contributed by atoms with Gasteiger partial charge in [-0.15, -0.1) is 0 Å². The molecule has 0 aromatic heterocycles. The molecular formula is C18H18O6. The molecule has 0 amide bonds. The lowest BCUT2D eigenvalue weighted by Gasteiger charge is -2.33. The Labute approximate surface area is 139 Å². The molecule has 2 bridgehead atoms. The highest BCUT2D eigenvalue weighted by Crippen LogP contribution is 2.28. The summed E-state index contributed by atoms with van der Waals surface area (Å²) in [6.45, 7) is 7.09. The summed E-state index contributed by atoms with van der Waals surface area (Å²) in [5.41, 5.74) is 1.30. The van der Waals surface area contributed by atoms with Gasteiger partial charge in [0.1, 0.15) is 6.10 Å². The fourth-order valence-electron chi connectivity index (χ4n) is 2.54. The molecule has 3 unspecified atom stereocenters. The van der Waals surface area contributed by atoms with Crippen LogP contribution in [0.4, 0.5) is 0 Å². The first-order valence-corrected chi connectivity index (χ1v) is 7.46. The van der Waals surface area contributed by atoms with E-state index in [2.05, 4.69) is 18.4 Å². The molecule has 1 aliphatic heterocycles. The van der Waals surface area contributed by atoms with E-state index in [1.807, 2.05) is 0 Å². The molecule has 0 aromatic carbocycles. The topological polar surface area (TPSA) is 89.9 Å². The van der Waals surface area contributed by atoms with Crippen molar-refractivity contribution < 1.29 is 29.0 Å². The summed E-state index contributed by atoms with van der Waals surface area (Å²) in [4.78, 5) is 35.4. The maximum Gasteiger partial charge on any atom is 0.334 e. The predicted octanol–water partition coefficient (Wildman–Crippen LogP) is 1.000. The van der Waals surface area contributed by atoms with Gasteiger partial charge in [-0.3, -0.25) is 9.59 Å². The van der Waals surface area contributed by atoms with Gasteiger partial charge in [-0.05, 0) is 37.8 Å². The summed E-state index contributed by atoms with van der Waals surface area (Å²) in [6.07, 6.45) is -1.31. The average Bonchev–Trinajstić information content (AvgIpc) is 2.54. The Kier molecular flexibility index (Phi) is 5.37. The van der Waals surface area contributed by atoms with E-state index in [1.165, 1.54) is 6.92 Å². The van der Waals surface area contributed by atoms with Gasteiger partial charge in [-0.25, -0.2) is 4.79 Å². The molecule has 0 aromatic rings. The zero-order valence-corrected chi connectivity index (χ0v) is 13.5. The van der Waals surface area contributed by atoms with Gasteiger partial charge >= 0.3 is 5.97 Å². The highest BCUT2D eigenvalue weighted by Gasteiger charge is 2.45. The Morgan fingerprint density at radius 2 is 2.08 bits per heavy atom. The summed E-state index contributed by atoms with van der Waals surface area (Å²) in [5.74, 6) is 4.19. The number of carbonyl (C=O) groups excluding carboxylic acids is 3. The van der Waals surface area contributed by atoms with E-state index < -0.39 is 30.1 Å². The van der Waals surface area contributed by atoms with E-state index in [0.717, 1.165) is 0 Å². The average molecular weight is 330 g/mol. The third kappa shape index (κ3) is 3.47. The Morgan fingerprint density at radius 1 is 1.38 bits per heavy atom. The minimum Gasteiger partial charge on any atom is -0.457 e. The van der Waals surface area contributed by atoms with Crippen LogP contribution in [0.25, 0.3) is 0 Å². The number of ether oxygens (including phenoxy) is 2. The van der Waals surface area contributed by atoms with Crippen molar-refractivity contribution >= 4 is 18.2 Å². The van der Waals surface area contributed by atoms with Crippen LogP contribution in [0.3, 0.4) is 0 Å². The lowest BCUT2D eigenvalue weighted by molar-refractivity contribution is -0.166. The minimum absolute atomic E-state index is 0.0632. The zero-order chi connectivity index (χ0) is 17.9. The van der Waals surface area contributed by atoms with Gasteiger partial charge in [0.2, 0.25) is 5.78 Å². The second-order valence-corrected chi connectivity index (χ2v) is 5.67. The van der Waals surface area contributed by atoms with Crippen LogP contribution < -0.4 is 0 Å².